The Labute approximate surface area is 128 Å². The Kier molecular flexibility index (Phi) is 3.96. The van der Waals surface area contributed by atoms with Crippen LogP contribution in [-0.4, -0.2) is 9.97 Å². The minimum atomic E-state index is 0.319. The fourth-order valence-corrected chi connectivity index (χ4v) is 3.17. The summed E-state index contributed by atoms with van der Waals surface area (Å²) in [6, 6.07) is 6.49. The number of benzene rings is 1. The largest absolute Gasteiger partial charge is 0.368 e. The summed E-state index contributed by atoms with van der Waals surface area (Å²) in [6.45, 7) is 13.4. The van der Waals surface area contributed by atoms with Gasteiger partial charge in [-0.2, -0.15) is 0 Å². The third-order valence-electron chi connectivity index (χ3n) is 5.36. The molecule has 0 radical (unpaired) electrons. The van der Waals surface area contributed by atoms with E-state index >= 15 is 0 Å². The standard InChI is InChI=1S/C16H21N3.C2H6/c1-15(2)8-12(16(15,3)4)10-5-6-11-9-18-14(17)19-13(11)7-10;1-2/h5-7,9,12H,8H2,1-4H3,(H2,17,18,19);1-2H3. The Morgan fingerprint density at radius 2 is 1.81 bits per heavy atom. The lowest BCUT2D eigenvalue weighted by atomic mass is 9.45. The maximum absolute atomic E-state index is 5.67. The molecule has 2 N–H and O–H groups in total. The normalized spacial score (nSPS) is 22.1. The van der Waals surface area contributed by atoms with Crippen molar-refractivity contribution in [2.24, 2.45) is 10.8 Å². The van der Waals surface area contributed by atoms with Crippen molar-refractivity contribution in [3.8, 4) is 0 Å². The van der Waals surface area contributed by atoms with Crippen LogP contribution in [0.1, 0.15) is 59.4 Å². The second kappa shape index (κ2) is 5.28. The molecule has 21 heavy (non-hydrogen) atoms. The first-order valence-corrected chi connectivity index (χ1v) is 7.83. The van der Waals surface area contributed by atoms with E-state index < -0.39 is 0 Å². The summed E-state index contributed by atoms with van der Waals surface area (Å²) in [5.74, 6) is 0.945. The molecular weight excluding hydrogens is 258 g/mol. The van der Waals surface area contributed by atoms with Gasteiger partial charge in [0.2, 0.25) is 5.95 Å². The van der Waals surface area contributed by atoms with Crippen LogP contribution in [0.5, 0.6) is 0 Å². The maximum Gasteiger partial charge on any atom is 0.220 e. The highest BCUT2D eigenvalue weighted by Crippen LogP contribution is 2.64. The van der Waals surface area contributed by atoms with E-state index in [0.29, 0.717) is 22.7 Å². The van der Waals surface area contributed by atoms with Crippen molar-refractivity contribution in [3.63, 3.8) is 0 Å². The van der Waals surface area contributed by atoms with Crippen molar-refractivity contribution >= 4 is 16.9 Å². The molecule has 1 aliphatic carbocycles. The number of nitrogens with two attached hydrogens (primary N) is 1. The Morgan fingerprint density at radius 3 is 2.38 bits per heavy atom. The molecule has 3 rings (SSSR count). The number of nitrogens with zero attached hydrogens (tertiary/aromatic N) is 2. The number of fused-ring (bicyclic) bond motifs is 1. The van der Waals surface area contributed by atoms with E-state index in [-0.39, 0.29) is 0 Å². The first-order valence-electron chi connectivity index (χ1n) is 7.83. The lowest BCUT2D eigenvalue weighted by molar-refractivity contribution is -0.0486. The Bertz CT molecular complexity index is 644. The second-order valence-corrected chi connectivity index (χ2v) is 6.91. The van der Waals surface area contributed by atoms with Crippen LogP contribution in [0, 0.1) is 10.8 Å². The minimum absolute atomic E-state index is 0.319. The van der Waals surface area contributed by atoms with E-state index in [2.05, 4.69) is 55.9 Å². The second-order valence-electron chi connectivity index (χ2n) is 6.91. The summed E-state index contributed by atoms with van der Waals surface area (Å²) in [7, 11) is 0. The topological polar surface area (TPSA) is 51.8 Å². The van der Waals surface area contributed by atoms with Gasteiger partial charge in [-0.1, -0.05) is 53.7 Å². The number of hydrogen-bond acceptors (Lipinski definition) is 3. The Morgan fingerprint density at radius 1 is 1.14 bits per heavy atom. The van der Waals surface area contributed by atoms with Gasteiger partial charge < -0.3 is 5.73 Å². The molecule has 3 nitrogen and oxygen atoms in total. The SMILES string of the molecule is CC.CC1(C)CC(c2ccc3cnc(N)nc3c2)C1(C)C. The number of aromatic nitrogens is 2. The monoisotopic (exact) mass is 285 g/mol. The highest BCUT2D eigenvalue weighted by Gasteiger charge is 2.54. The van der Waals surface area contributed by atoms with Crippen molar-refractivity contribution in [2.45, 2.75) is 53.9 Å². The van der Waals surface area contributed by atoms with E-state index in [4.69, 9.17) is 5.73 Å². The van der Waals surface area contributed by atoms with Gasteiger partial charge in [-0.25, -0.2) is 9.97 Å². The van der Waals surface area contributed by atoms with E-state index in [1.165, 1.54) is 12.0 Å². The third-order valence-corrected chi connectivity index (χ3v) is 5.36. The summed E-state index contributed by atoms with van der Waals surface area (Å²) in [4.78, 5) is 8.36. The van der Waals surface area contributed by atoms with Crippen molar-refractivity contribution in [1.29, 1.82) is 0 Å². The number of nitrogen functional groups attached to an aromatic ring is 1. The Hall–Kier alpha value is -1.64. The van der Waals surface area contributed by atoms with Crippen LogP contribution >= 0.6 is 0 Å². The molecule has 1 atom stereocenters. The summed E-state index contributed by atoms with van der Waals surface area (Å²) in [5.41, 5.74) is 8.71. The zero-order valence-corrected chi connectivity index (χ0v) is 14.1. The van der Waals surface area contributed by atoms with Gasteiger partial charge in [-0.15, -0.1) is 0 Å². The van der Waals surface area contributed by atoms with Gasteiger partial charge >= 0.3 is 0 Å². The van der Waals surface area contributed by atoms with Gasteiger partial charge in [0.25, 0.3) is 0 Å². The average Bonchev–Trinajstić information content (AvgIpc) is 2.46. The Balaban J connectivity index is 0.000000774. The number of hydrogen-bond donors (Lipinski definition) is 1. The number of rotatable bonds is 1. The van der Waals surface area contributed by atoms with Crippen LogP contribution in [0.4, 0.5) is 5.95 Å². The van der Waals surface area contributed by atoms with Gasteiger partial charge in [0, 0.05) is 11.6 Å². The van der Waals surface area contributed by atoms with Crippen molar-refractivity contribution in [2.75, 3.05) is 5.73 Å². The van der Waals surface area contributed by atoms with Crippen LogP contribution in [0.2, 0.25) is 0 Å². The molecule has 114 valence electrons. The first kappa shape index (κ1) is 15.7. The molecule has 1 aliphatic rings. The smallest absolute Gasteiger partial charge is 0.220 e. The van der Waals surface area contributed by atoms with Crippen molar-refractivity contribution in [3.05, 3.63) is 30.0 Å². The third kappa shape index (κ3) is 2.50. The van der Waals surface area contributed by atoms with Gasteiger partial charge in [0.15, 0.2) is 0 Å². The predicted octanol–water partition coefficient (Wildman–Crippen LogP) is 4.78. The molecule has 0 aliphatic heterocycles. The quantitative estimate of drug-likeness (QED) is 0.820. The van der Waals surface area contributed by atoms with Crippen LogP contribution in [-0.2, 0) is 0 Å². The van der Waals surface area contributed by atoms with Gasteiger partial charge in [0.05, 0.1) is 5.52 Å². The lowest BCUT2D eigenvalue weighted by Gasteiger charge is -2.59. The molecular formula is C18H27N3. The van der Waals surface area contributed by atoms with Crippen LogP contribution in [0.25, 0.3) is 10.9 Å². The molecule has 3 heteroatoms. The van der Waals surface area contributed by atoms with Crippen molar-refractivity contribution < 1.29 is 0 Å². The molecule has 1 aromatic heterocycles. The molecule has 0 amide bonds. The van der Waals surface area contributed by atoms with E-state index in [1.54, 1.807) is 6.20 Å². The minimum Gasteiger partial charge on any atom is -0.368 e. The lowest BCUT2D eigenvalue weighted by Crippen LogP contribution is -2.49. The van der Waals surface area contributed by atoms with Crippen molar-refractivity contribution in [1.82, 2.24) is 9.97 Å². The molecule has 1 aromatic carbocycles. The summed E-state index contributed by atoms with van der Waals surface area (Å²) >= 11 is 0. The van der Waals surface area contributed by atoms with Gasteiger partial charge in [-0.05, 0) is 34.8 Å². The fourth-order valence-electron chi connectivity index (χ4n) is 3.17. The first-order chi connectivity index (χ1) is 9.81. The molecule has 1 unspecified atom stereocenters. The highest BCUT2D eigenvalue weighted by molar-refractivity contribution is 5.79. The van der Waals surface area contributed by atoms with E-state index in [1.807, 2.05) is 13.8 Å². The molecule has 1 heterocycles. The summed E-state index contributed by atoms with van der Waals surface area (Å²) in [5, 5.41) is 1.05. The fraction of sp³-hybridized carbons (Fsp3) is 0.556. The van der Waals surface area contributed by atoms with Crippen LogP contribution in [0.3, 0.4) is 0 Å². The highest BCUT2D eigenvalue weighted by atomic mass is 15.0. The summed E-state index contributed by atoms with van der Waals surface area (Å²) < 4.78 is 0. The molecule has 0 saturated heterocycles. The molecule has 0 bridgehead atoms. The van der Waals surface area contributed by atoms with Crippen LogP contribution < -0.4 is 5.73 Å². The maximum atomic E-state index is 5.67. The molecule has 0 spiro atoms. The summed E-state index contributed by atoms with van der Waals surface area (Å²) in [6.07, 6.45) is 3.02. The predicted molar refractivity (Wildman–Crippen MR) is 90.2 cm³/mol. The van der Waals surface area contributed by atoms with E-state index in [9.17, 15) is 0 Å². The zero-order valence-electron chi connectivity index (χ0n) is 14.1. The van der Waals surface area contributed by atoms with Gasteiger partial charge in [-0.3, -0.25) is 0 Å². The number of anilines is 1. The zero-order chi connectivity index (χ0) is 15.8. The average molecular weight is 285 g/mol. The van der Waals surface area contributed by atoms with Gasteiger partial charge in [0.1, 0.15) is 0 Å². The van der Waals surface area contributed by atoms with E-state index in [0.717, 1.165) is 10.9 Å². The molecule has 1 saturated carbocycles. The molecule has 1 fully saturated rings. The van der Waals surface area contributed by atoms with Crippen LogP contribution in [0.15, 0.2) is 24.4 Å². The molecule has 2 aromatic rings.